The Morgan fingerprint density at radius 1 is 1.17 bits per heavy atom. The van der Waals surface area contributed by atoms with Gasteiger partial charge in [-0.05, 0) is 36.1 Å². The van der Waals surface area contributed by atoms with Crippen LogP contribution in [0.15, 0.2) is 30.3 Å². The maximum Gasteiger partial charge on any atom is 0.129 e. The highest BCUT2D eigenvalue weighted by atomic mass is 35.5. The second-order valence-electron chi connectivity index (χ2n) is 5.65. The van der Waals surface area contributed by atoms with Crippen LogP contribution in [0.5, 0.6) is 5.75 Å². The number of nitrogens with zero attached hydrogens (tertiary/aromatic N) is 1. The molecule has 0 fully saturated rings. The van der Waals surface area contributed by atoms with Gasteiger partial charge in [0.15, 0.2) is 0 Å². The number of aromatic nitrogens is 1. The fourth-order valence-electron chi connectivity index (χ4n) is 1.64. The van der Waals surface area contributed by atoms with Crippen LogP contribution in [0.3, 0.4) is 0 Å². The lowest BCUT2D eigenvalue weighted by Crippen LogP contribution is -2.11. The van der Waals surface area contributed by atoms with Crippen molar-refractivity contribution in [3.8, 4) is 5.75 Å². The molecule has 0 atom stereocenters. The van der Waals surface area contributed by atoms with Crippen LogP contribution in [0, 0.1) is 5.41 Å². The number of hydrogen-bond acceptors (Lipinski definition) is 2. The molecule has 0 saturated carbocycles. The largest absolute Gasteiger partial charge is 0.493 e. The Balaban J connectivity index is 2.10. The van der Waals surface area contributed by atoms with E-state index in [0.29, 0.717) is 10.6 Å². The molecule has 96 valence electrons. The SMILES string of the molecule is CC(C)(C)CCOc1ccc2ccc(Cl)nc2c1. The monoisotopic (exact) mass is 263 g/mol. The molecule has 0 spiro atoms. The molecule has 0 aliphatic carbocycles. The van der Waals surface area contributed by atoms with Gasteiger partial charge in [-0.15, -0.1) is 0 Å². The van der Waals surface area contributed by atoms with Crippen LogP contribution in [0.1, 0.15) is 27.2 Å². The van der Waals surface area contributed by atoms with E-state index >= 15 is 0 Å². The molecule has 2 aromatic rings. The van der Waals surface area contributed by atoms with Crippen LogP contribution < -0.4 is 4.74 Å². The number of halogens is 1. The number of fused-ring (bicyclic) bond motifs is 1. The first kappa shape index (κ1) is 13.2. The molecular weight excluding hydrogens is 246 g/mol. The minimum Gasteiger partial charge on any atom is -0.493 e. The molecule has 0 N–H and O–H groups in total. The van der Waals surface area contributed by atoms with Crippen LogP contribution >= 0.6 is 11.6 Å². The normalized spacial score (nSPS) is 11.8. The molecule has 0 aliphatic rings. The number of hydrogen-bond donors (Lipinski definition) is 0. The van der Waals surface area contributed by atoms with E-state index in [0.717, 1.165) is 29.7 Å². The average Bonchev–Trinajstić information content (AvgIpc) is 2.26. The van der Waals surface area contributed by atoms with Gasteiger partial charge in [0, 0.05) is 11.5 Å². The van der Waals surface area contributed by atoms with Gasteiger partial charge in [0.2, 0.25) is 0 Å². The molecular formula is C15H18ClNO. The summed E-state index contributed by atoms with van der Waals surface area (Å²) in [6, 6.07) is 9.67. The Labute approximate surface area is 113 Å². The number of benzene rings is 1. The van der Waals surface area contributed by atoms with Gasteiger partial charge in [0.05, 0.1) is 12.1 Å². The van der Waals surface area contributed by atoms with Crippen LogP contribution in [0.25, 0.3) is 10.9 Å². The number of ether oxygens (including phenoxy) is 1. The third-order valence-corrected chi connectivity index (χ3v) is 2.96. The van der Waals surface area contributed by atoms with E-state index in [-0.39, 0.29) is 0 Å². The Kier molecular flexibility index (Phi) is 3.76. The van der Waals surface area contributed by atoms with Gasteiger partial charge in [0.25, 0.3) is 0 Å². The van der Waals surface area contributed by atoms with Crippen molar-refractivity contribution in [2.75, 3.05) is 6.61 Å². The molecule has 0 saturated heterocycles. The summed E-state index contributed by atoms with van der Waals surface area (Å²) in [5.41, 5.74) is 1.16. The van der Waals surface area contributed by atoms with Crippen LogP contribution in [0.2, 0.25) is 5.15 Å². The van der Waals surface area contributed by atoms with Crippen molar-refractivity contribution in [1.82, 2.24) is 4.98 Å². The molecule has 2 rings (SSSR count). The van der Waals surface area contributed by atoms with Gasteiger partial charge in [0.1, 0.15) is 10.9 Å². The molecule has 1 aromatic carbocycles. The lowest BCUT2D eigenvalue weighted by atomic mass is 9.93. The van der Waals surface area contributed by atoms with E-state index in [2.05, 4.69) is 25.8 Å². The minimum absolute atomic E-state index is 0.290. The van der Waals surface area contributed by atoms with Crippen molar-refractivity contribution in [3.63, 3.8) is 0 Å². The van der Waals surface area contributed by atoms with Crippen molar-refractivity contribution in [3.05, 3.63) is 35.5 Å². The highest BCUT2D eigenvalue weighted by Crippen LogP contribution is 2.23. The standard InChI is InChI=1S/C15H18ClNO/c1-15(2,3)8-9-18-12-6-4-11-5-7-14(16)17-13(11)10-12/h4-7,10H,8-9H2,1-3H3. The smallest absolute Gasteiger partial charge is 0.129 e. The van der Waals surface area contributed by atoms with Crippen molar-refractivity contribution in [1.29, 1.82) is 0 Å². The van der Waals surface area contributed by atoms with Crippen LogP contribution in [-0.2, 0) is 0 Å². The van der Waals surface area contributed by atoms with Crippen molar-refractivity contribution in [2.24, 2.45) is 5.41 Å². The first-order chi connectivity index (χ1) is 8.44. The topological polar surface area (TPSA) is 22.1 Å². The Bertz CT molecular complexity index is 546. The quantitative estimate of drug-likeness (QED) is 0.749. The van der Waals surface area contributed by atoms with Crippen molar-refractivity contribution in [2.45, 2.75) is 27.2 Å². The number of pyridine rings is 1. The van der Waals surface area contributed by atoms with E-state index in [4.69, 9.17) is 16.3 Å². The highest BCUT2D eigenvalue weighted by Gasteiger charge is 2.10. The molecule has 3 heteroatoms. The van der Waals surface area contributed by atoms with E-state index in [1.807, 2.05) is 24.3 Å². The maximum atomic E-state index is 5.88. The molecule has 0 bridgehead atoms. The van der Waals surface area contributed by atoms with Gasteiger partial charge >= 0.3 is 0 Å². The van der Waals surface area contributed by atoms with Gasteiger partial charge < -0.3 is 4.74 Å². The Morgan fingerprint density at radius 3 is 2.61 bits per heavy atom. The summed E-state index contributed by atoms with van der Waals surface area (Å²) in [5.74, 6) is 0.849. The molecule has 0 unspecified atom stereocenters. The summed E-state index contributed by atoms with van der Waals surface area (Å²) in [6.45, 7) is 7.34. The molecule has 18 heavy (non-hydrogen) atoms. The van der Waals surface area contributed by atoms with Gasteiger partial charge in [-0.1, -0.05) is 32.4 Å². The average molecular weight is 264 g/mol. The van der Waals surface area contributed by atoms with Gasteiger partial charge in [-0.2, -0.15) is 0 Å². The van der Waals surface area contributed by atoms with Crippen LogP contribution in [-0.4, -0.2) is 11.6 Å². The zero-order chi connectivity index (χ0) is 13.2. The summed E-state index contributed by atoms with van der Waals surface area (Å²) in [7, 11) is 0. The van der Waals surface area contributed by atoms with Crippen LogP contribution in [0.4, 0.5) is 0 Å². The molecule has 1 aromatic heterocycles. The molecule has 2 nitrogen and oxygen atoms in total. The van der Waals surface area contributed by atoms with E-state index in [1.54, 1.807) is 6.07 Å². The summed E-state index contributed by atoms with van der Waals surface area (Å²) < 4.78 is 5.75. The zero-order valence-corrected chi connectivity index (χ0v) is 11.8. The molecule has 0 aliphatic heterocycles. The molecule has 0 radical (unpaired) electrons. The summed E-state index contributed by atoms with van der Waals surface area (Å²) in [4.78, 5) is 4.28. The second-order valence-corrected chi connectivity index (χ2v) is 6.03. The first-order valence-electron chi connectivity index (χ1n) is 6.13. The molecule has 0 amide bonds. The Morgan fingerprint density at radius 2 is 1.89 bits per heavy atom. The highest BCUT2D eigenvalue weighted by molar-refractivity contribution is 6.29. The summed E-state index contributed by atoms with van der Waals surface area (Å²) in [5, 5.41) is 1.58. The fraction of sp³-hybridized carbons (Fsp3) is 0.400. The lowest BCUT2D eigenvalue weighted by molar-refractivity contribution is 0.243. The lowest BCUT2D eigenvalue weighted by Gasteiger charge is -2.18. The van der Waals surface area contributed by atoms with Gasteiger partial charge in [-0.25, -0.2) is 4.98 Å². The second kappa shape index (κ2) is 5.15. The predicted molar refractivity (Wildman–Crippen MR) is 76.3 cm³/mol. The molecule has 1 heterocycles. The van der Waals surface area contributed by atoms with E-state index in [9.17, 15) is 0 Å². The number of rotatable bonds is 3. The maximum absolute atomic E-state index is 5.88. The Hall–Kier alpha value is -1.28. The summed E-state index contributed by atoms with van der Waals surface area (Å²) >= 11 is 5.88. The van der Waals surface area contributed by atoms with Crippen molar-refractivity contribution < 1.29 is 4.74 Å². The third kappa shape index (κ3) is 3.61. The zero-order valence-electron chi connectivity index (χ0n) is 11.0. The first-order valence-corrected chi connectivity index (χ1v) is 6.51. The fourth-order valence-corrected chi connectivity index (χ4v) is 1.79. The van der Waals surface area contributed by atoms with E-state index < -0.39 is 0 Å². The summed E-state index contributed by atoms with van der Waals surface area (Å²) in [6.07, 6.45) is 1.02. The minimum atomic E-state index is 0.290. The van der Waals surface area contributed by atoms with Crippen molar-refractivity contribution >= 4 is 22.5 Å². The van der Waals surface area contributed by atoms with Gasteiger partial charge in [-0.3, -0.25) is 0 Å². The van der Waals surface area contributed by atoms with E-state index in [1.165, 1.54) is 0 Å². The third-order valence-electron chi connectivity index (χ3n) is 2.75. The predicted octanol–water partition coefficient (Wildman–Crippen LogP) is 4.70.